The summed E-state index contributed by atoms with van der Waals surface area (Å²) in [6.07, 6.45) is -0.0611. The van der Waals surface area contributed by atoms with Crippen LogP contribution in [-0.2, 0) is 15.0 Å². The van der Waals surface area contributed by atoms with Crippen molar-refractivity contribution in [2.75, 3.05) is 32.6 Å². The molecule has 0 saturated carbocycles. The molecule has 2 heterocycles. The first kappa shape index (κ1) is 28.7. The predicted octanol–water partition coefficient (Wildman–Crippen LogP) is 5.33. The Hall–Kier alpha value is -3.82. The smallest absolute Gasteiger partial charge is 0.316 e. The molecule has 3 aromatic rings. The zero-order chi connectivity index (χ0) is 29.5. The van der Waals surface area contributed by atoms with Crippen LogP contribution in [0.1, 0.15) is 40.6 Å². The number of benzene rings is 3. The maximum Gasteiger partial charge on any atom is 0.316 e. The van der Waals surface area contributed by atoms with Crippen LogP contribution in [0.25, 0.3) is 0 Å². The standard InChI is InChI=1S/C30H29Cl2FN4O4/c1-16-4-7-19(33)14-20(16)27-30(22-8-5-18(32)13-24(22)35-28(30)39)23(15-26(38)36-27)21-12-17(31)6-9-25(21)41-11-10-34-29(40)37(2)3/h4-9,12-14,23,27H,10-11,15H2,1-3H3,(H,34,40)(H,35,39)(H,36,38). The lowest BCUT2D eigenvalue weighted by atomic mass is 9.59. The summed E-state index contributed by atoms with van der Waals surface area (Å²) < 4.78 is 20.7. The molecule has 1 spiro atoms. The van der Waals surface area contributed by atoms with Gasteiger partial charge in [0.2, 0.25) is 11.8 Å². The van der Waals surface area contributed by atoms with Gasteiger partial charge in [-0.25, -0.2) is 9.18 Å². The van der Waals surface area contributed by atoms with E-state index in [1.54, 1.807) is 56.6 Å². The molecule has 41 heavy (non-hydrogen) atoms. The number of piperidine rings is 1. The molecule has 1 saturated heterocycles. The number of hydrogen-bond acceptors (Lipinski definition) is 4. The topological polar surface area (TPSA) is 99.8 Å². The fourth-order valence-electron chi connectivity index (χ4n) is 5.84. The maximum absolute atomic E-state index is 14.6. The highest BCUT2D eigenvalue weighted by atomic mass is 35.5. The van der Waals surface area contributed by atoms with E-state index in [2.05, 4.69) is 16.0 Å². The molecule has 0 radical (unpaired) electrons. The molecule has 11 heteroatoms. The van der Waals surface area contributed by atoms with E-state index < -0.39 is 23.2 Å². The number of amides is 4. The second-order valence-electron chi connectivity index (χ2n) is 10.4. The van der Waals surface area contributed by atoms with Gasteiger partial charge in [0.1, 0.15) is 23.6 Å². The average Bonchev–Trinajstić information content (AvgIpc) is 3.20. The van der Waals surface area contributed by atoms with Gasteiger partial charge in [0.25, 0.3) is 0 Å². The van der Waals surface area contributed by atoms with Crippen LogP contribution in [0.4, 0.5) is 14.9 Å². The van der Waals surface area contributed by atoms with E-state index in [4.69, 9.17) is 27.9 Å². The molecule has 2 aliphatic heterocycles. The van der Waals surface area contributed by atoms with Crippen molar-refractivity contribution in [1.29, 1.82) is 0 Å². The monoisotopic (exact) mass is 598 g/mol. The van der Waals surface area contributed by atoms with Gasteiger partial charge in [-0.15, -0.1) is 0 Å². The molecule has 3 atom stereocenters. The zero-order valence-electron chi connectivity index (χ0n) is 22.7. The third-order valence-electron chi connectivity index (χ3n) is 7.69. The first-order valence-corrected chi connectivity index (χ1v) is 13.8. The van der Waals surface area contributed by atoms with Crippen molar-refractivity contribution in [3.8, 4) is 5.75 Å². The number of carbonyl (C=O) groups excluding carboxylic acids is 3. The Morgan fingerprint density at radius 2 is 1.80 bits per heavy atom. The molecule has 214 valence electrons. The molecular formula is C30H29Cl2FN4O4. The van der Waals surface area contributed by atoms with Crippen molar-refractivity contribution in [2.24, 2.45) is 0 Å². The fraction of sp³-hybridized carbons (Fsp3) is 0.300. The van der Waals surface area contributed by atoms with Gasteiger partial charge in [0.15, 0.2) is 0 Å². The van der Waals surface area contributed by atoms with Crippen LogP contribution in [0.3, 0.4) is 0 Å². The van der Waals surface area contributed by atoms with Crippen molar-refractivity contribution in [3.05, 3.63) is 92.7 Å². The third kappa shape index (κ3) is 5.20. The summed E-state index contributed by atoms with van der Waals surface area (Å²) in [5.41, 5.74) is 1.48. The lowest BCUT2D eigenvalue weighted by Crippen LogP contribution is -2.57. The minimum atomic E-state index is -1.39. The summed E-state index contributed by atoms with van der Waals surface area (Å²) in [4.78, 5) is 41.0. The van der Waals surface area contributed by atoms with Crippen molar-refractivity contribution in [2.45, 2.75) is 30.7 Å². The Morgan fingerprint density at radius 3 is 2.56 bits per heavy atom. The number of aryl methyl sites for hydroxylation is 1. The Bertz CT molecular complexity index is 1550. The molecule has 5 rings (SSSR count). The van der Waals surface area contributed by atoms with E-state index in [1.807, 2.05) is 6.92 Å². The van der Waals surface area contributed by atoms with Gasteiger partial charge < -0.3 is 25.6 Å². The molecule has 4 amide bonds. The van der Waals surface area contributed by atoms with E-state index in [1.165, 1.54) is 17.0 Å². The van der Waals surface area contributed by atoms with E-state index in [0.29, 0.717) is 43.7 Å². The van der Waals surface area contributed by atoms with Crippen LogP contribution in [0.5, 0.6) is 5.75 Å². The number of hydrogen-bond donors (Lipinski definition) is 3. The van der Waals surface area contributed by atoms with Crippen molar-refractivity contribution < 1.29 is 23.5 Å². The maximum atomic E-state index is 14.6. The molecule has 0 aliphatic carbocycles. The molecule has 2 aliphatic rings. The van der Waals surface area contributed by atoms with E-state index >= 15 is 0 Å². The zero-order valence-corrected chi connectivity index (χ0v) is 24.2. The molecule has 3 N–H and O–H groups in total. The highest BCUT2D eigenvalue weighted by Gasteiger charge is 2.61. The molecule has 8 nitrogen and oxygen atoms in total. The summed E-state index contributed by atoms with van der Waals surface area (Å²) in [6, 6.07) is 13.3. The highest BCUT2D eigenvalue weighted by molar-refractivity contribution is 6.31. The summed E-state index contributed by atoms with van der Waals surface area (Å²) >= 11 is 12.8. The van der Waals surface area contributed by atoms with Gasteiger partial charge in [0.05, 0.1) is 12.6 Å². The Balaban J connectivity index is 1.67. The third-order valence-corrected chi connectivity index (χ3v) is 8.16. The SMILES string of the molecule is Cc1ccc(F)cc1C1NC(=O)CC(c2cc(Cl)ccc2OCCNC(=O)N(C)C)C12C(=O)Nc1cc(Cl)ccc12. The number of halogens is 3. The van der Waals surface area contributed by atoms with Crippen LogP contribution in [-0.4, -0.2) is 50.0 Å². The Kier molecular flexibility index (Phi) is 7.85. The molecule has 3 unspecified atom stereocenters. The molecule has 0 aromatic heterocycles. The van der Waals surface area contributed by atoms with Gasteiger partial charge in [0, 0.05) is 47.7 Å². The first-order chi connectivity index (χ1) is 19.5. The summed E-state index contributed by atoms with van der Waals surface area (Å²) in [5, 5.41) is 9.53. The van der Waals surface area contributed by atoms with Crippen molar-refractivity contribution in [1.82, 2.24) is 15.5 Å². The van der Waals surface area contributed by atoms with Crippen LogP contribution < -0.4 is 20.7 Å². The fourth-order valence-corrected chi connectivity index (χ4v) is 6.20. The van der Waals surface area contributed by atoms with Crippen LogP contribution >= 0.6 is 23.2 Å². The highest BCUT2D eigenvalue weighted by Crippen LogP contribution is 2.59. The second-order valence-corrected chi connectivity index (χ2v) is 11.3. The van der Waals surface area contributed by atoms with Crippen molar-refractivity contribution >= 4 is 46.7 Å². The van der Waals surface area contributed by atoms with E-state index in [9.17, 15) is 18.8 Å². The normalized spacial score (nSPS) is 21.2. The average molecular weight is 599 g/mol. The minimum absolute atomic E-state index is 0.0611. The summed E-state index contributed by atoms with van der Waals surface area (Å²) in [5.74, 6) is -1.50. The van der Waals surface area contributed by atoms with Gasteiger partial charge in [-0.2, -0.15) is 0 Å². The Labute approximate surface area is 247 Å². The lowest BCUT2D eigenvalue weighted by Gasteiger charge is -2.47. The van der Waals surface area contributed by atoms with Gasteiger partial charge in [-0.05, 0) is 66.1 Å². The van der Waals surface area contributed by atoms with Crippen LogP contribution in [0.2, 0.25) is 10.0 Å². The van der Waals surface area contributed by atoms with Gasteiger partial charge in [-0.3, -0.25) is 9.59 Å². The van der Waals surface area contributed by atoms with E-state index in [0.717, 1.165) is 0 Å². The van der Waals surface area contributed by atoms with Crippen molar-refractivity contribution in [3.63, 3.8) is 0 Å². The predicted molar refractivity (Wildman–Crippen MR) is 155 cm³/mol. The van der Waals surface area contributed by atoms with Crippen LogP contribution in [0, 0.1) is 12.7 Å². The molecule has 0 bridgehead atoms. The van der Waals surface area contributed by atoms with Gasteiger partial charge in [-0.1, -0.05) is 35.3 Å². The quantitative estimate of drug-likeness (QED) is 0.334. The number of urea groups is 1. The number of carbonyl (C=O) groups is 3. The second kappa shape index (κ2) is 11.2. The largest absolute Gasteiger partial charge is 0.491 e. The number of nitrogens with zero attached hydrogens (tertiary/aromatic N) is 1. The number of fused-ring (bicyclic) bond motifs is 2. The Morgan fingerprint density at radius 1 is 1.07 bits per heavy atom. The number of anilines is 1. The number of nitrogens with one attached hydrogen (secondary N) is 3. The summed E-state index contributed by atoms with van der Waals surface area (Å²) in [7, 11) is 3.27. The lowest BCUT2D eigenvalue weighted by molar-refractivity contribution is -0.131. The minimum Gasteiger partial charge on any atom is -0.491 e. The number of rotatable bonds is 6. The number of ether oxygens (including phenoxy) is 1. The van der Waals surface area contributed by atoms with Gasteiger partial charge >= 0.3 is 6.03 Å². The first-order valence-electron chi connectivity index (χ1n) is 13.1. The molecule has 3 aromatic carbocycles. The summed E-state index contributed by atoms with van der Waals surface area (Å²) in [6.45, 7) is 2.16. The molecule has 1 fully saturated rings. The van der Waals surface area contributed by atoms with E-state index in [-0.39, 0.29) is 37.4 Å². The molecular weight excluding hydrogens is 570 g/mol. The van der Waals surface area contributed by atoms with Crippen LogP contribution in [0.15, 0.2) is 54.6 Å².